The van der Waals surface area contributed by atoms with E-state index in [1.165, 1.54) is 0 Å². The quantitative estimate of drug-likeness (QED) is 0.560. The van der Waals surface area contributed by atoms with Gasteiger partial charge < -0.3 is 0 Å². The Morgan fingerprint density at radius 2 is 1.37 bits per heavy atom. The molecular weight excluding hydrogens is 327 g/mol. The average Bonchev–Trinajstić information content (AvgIpc) is 2.34. The van der Waals surface area contributed by atoms with Gasteiger partial charge in [-0.05, 0) is 0 Å². The molecule has 2 unspecified atom stereocenters. The summed E-state index contributed by atoms with van der Waals surface area (Å²) in [6.45, 7) is 0. The minimum atomic E-state index is -6.18. The van der Waals surface area contributed by atoms with Gasteiger partial charge in [-0.15, -0.1) is 0 Å². The second-order valence-electron chi connectivity index (χ2n) is 2.76. The predicted molar refractivity (Wildman–Crippen MR) is 41.2 cm³/mol. The molecule has 13 heteroatoms. The number of carbonyl (C=O) groups excluding carboxylic acids is 2. The maximum atomic E-state index is 12.6. The first-order chi connectivity index (χ1) is 8.03. The summed E-state index contributed by atoms with van der Waals surface area (Å²) in [4.78, 5) is 23.7. The second-order valence-corrected chi connectivity index (χ2v) is 2.76. The van der Waals surface area contributed by atoms with E-state index in [-0.39, 0.29) is 51.4 Å². The zero-order valence-electron chi connectivity index (χ0n) is 7.81. The van der Waals surface area contributed by atoms with Crippen molar-refractivity contribution in [2.45, 2.75) is 24.2 Å². The molecule has 0 aromatic rings. The second kappa shape index (κ2) is 7.71. The Morgan fingerprint density at radius 3 is 1.68 bits per heavy atom. The van der Waals surface area contributed by atoms with E-state index < -0.39 is 36.1 Å². The van der Waals surface area contributed by atoms with Gasteiger partial charge in [0.2, 0.25) is 12.3 Å². The molecule has 0 aliphatic rings. The van der Waals surface area contributed by atoms with Crippen LogP contribution in [0.25, 0.3) is 0 Å². The zero-order chi connectivity index (χ0) is 14.7. The molecule has 2 atom stereocenters. The van der Waals surface area contributed by atoms with Gasteiger partial charge in [-0.3, -0.25) is 4.94 Å². The molecule has 0 aliphatic heterocycles. The first-order valence-corrected chi connectivity index (χ1v) is 3.73. The summed E-state index contributed by atoms with van der Waals surface area (Å²) in [6, 6.07) is 0. The molecular formula is C6H3F8KO4. The molecule has 0 aliphatic carbocycles. The van der Waals surface area contributed by atoms with Gasteiger partial charge in [0.05, 0.1) is 0 Å². The number of hydrogen-bond acceptors (Lipinski definition) is 4. The fourth-order valence-corrected chi connectivity index (χ4v) is 0.704. The third-order valence-corrected chi connectivity index (χ3v) is 1.65. The van der Waals surface area contributed by atoms with Crippen LogP contribution in [0.5, 0.6) is 0 Å². The molecule has 0 spiro atoms. The first-order valence-electron chi connectivity index (χ1n) is 3.73. The van der Waals surface area contributed by atoms with Crippen LogP contribution in [-0.2, 0) is 19.5 Å². The van der Waals surface area contributed by atoms with Gasteiger partial charge in [-0.1, -0.05) is 0 Å². The van der Waals surface area contributed by atoms with E-state index in [1.807, 2.05) is 4.94 Å². The van der Waals surface area contributed by atoms with E-state index in [2.05, 4.69) is 0 Å². The van der Waals surface area contributed by atoms with Crippen LogP contribution in [0.2, 0.25) is 0 Å². The van der Waals surface area contributed by atoms with Crippen LogP contribution >= 0.6 is 0 Å². The molecule has 0 heterocycles. The molecule has 0 rings (SSSR count). The summed E-state index contributed by atoms with van der Waals surface area (Å²) in [5.41, 5.74) is 0. The van der Waals surface area contributed by atoms with Crippen molar-refractivity contribution in [2.24, 2.45) is 0 Å². The molecule has 0 saturated carbocycles. The minimum absolute atomic E-state index is 0. The van der Waals surface area contributed by atoms with Crippen LogP contribution < -0.4 is 0 Å². The molecule has 0 bridgehead atoms. The predicted octanol–water partition coefficient (Wildman–Crippen LogP) is 1.14. The molecule has 0 aromatic carbocycles. The van der Waals surface area contributed by atoms with Gasteiger partial charge in [0.15, 0.2) is 0 Å². The third kappa shape index (κ3) is 4.24. The van der Waals surface area contributed by atoms with E-state index in [4.69, 9.17) is 0 Å². The van der Waals surface area contributed by atoms with E-state index >= 15 is 0 Å². The van der Waals surface area contributed by atoms with Gasteiger partial charge in [0, 0.05) is 9.05 Å². The number of rotatable bonds is 5. The van der Waals surface area contributed by atoms with Gasteiger partial charge in [-0.2, -0.15) is 17.6 Å². The van der Waals surface area contributed by atoms with Crippen molar-refractivity contribution >= 4 is 63.3 Å². The summed E-state index contributed by atoms with van der Waals surface area (Å²) < 4.78 is 97.3. The van der Waals surface area contributed by atoms with Crippen molar-refractivity contribution in [3.8, 4) is 0 Å². The molecule has 4 nitrogen and oxygen atoms in total. The van der Waals surface area contributed by atoms with Gasteiger partial charge in [0.25, 0.3) is 0 Å². The van der Waals surface area contributed by atoms with Crippen LogP contribution in [0.15, 0.2) is 0 Å². The van der Waals surface area contributed by atoms with Crippen molar-refractivity contribution in [1.82, 2.24) is 0 Å². The number of hydrogen-bond donors (Lipinski definition) is 0. The zero-order valence-corrected chi connectivity index (χ0v) is 7.81. The van der Waals surface area contributed by atoms with Crippen LogP contribution in [0, 0.1) is 0 Å². The van der Waals surface area contributed by atoms with E-state index in [0.29, 0.717) is 0 Å². The Hall–Kier alpha value is 0.0164. The van der Waals surface area contributed by atoms with Gasteiger partial charge in [0.1, 0.15) is 0 Å². The van der Waals surface area contributed by atoms with Crippen molar-refractivity contribution in [3.05, 3.63) is 0 Å². The van der Waals surface area contributed by atoms with Crippen molar-refractivity contribution in [1.29, 1.82) is 0 Å². The maximum absolute atomic E-state index is 12.6. The third-order valence-electron chi connectivity index (χ3n) is 1.65. The van der Waals surface area contributed by atoms with E-state index in [9.17, 15) is 45.0 Å². The standard InChI is InChI=1S/C6H2F8O4.K.H/c7-1(3(15)17-13)2(8)5(9,10)6(11,12)4(16)18-14;;/h1-2H;;. The molecule has 0 aromatic heterocycles. The molecule has 0 fully saturated rings. The normalized spacial score (nSPS) is 14.9. The number of alkyl halides is 6. The monoisotopic (exact) mass is 330 g/mol. The van der Waals surface area contributed by atoms with Crippen LogP contribution in [0.4, 0.5) is 35.4 Å². The molecule has 0 N–H and O–H groups in total. The Morgan fingerprint density at radius 1 is 0.947 bits per heavy atom. The van der Waals surface area contributed by atoms with Crippen molar-refractivity contribution in [2.75, 3.05) is 0 Å². The fraction of sp³-hybridized carbons (Fsp3) is 0.667. The summed E-state index contributed by atoms with van der Waals surface area (Å²) in [5, 5.41) is 0. The van der Waals surface area contributed by atoms with E-state index in [0.717, 1.165) is 0 Å². The van der Waals surface area contributed by atoms with Crippen molar-refractivity contribution < 1.29 is 54.9 Å². The Kier molecular flexibility index (Phi) is 8.65. The molecule has 0 saturated heterocycles. The van der Waals surface area contributed by atoms with Gasteiger partial charge >= 0.3 is 75.2 Å². The number of carbonyl (C=O) groups is 2. The Bertz CT molecular complexity index is 337. The van der Waals surface area contributed by atoms with Crippen LogP contribution in [-0.4, -0.2) is 87.5 Å². The van der Waals surface area contributed by atoms with Gasteiger partial charge in [-0.25, -0.2) is 23.3 Å². The molecule has 0 radical (unpaired) electrons. The summed E-state index contributed by atoms with van der Waals surface area (Å²) in [5.74, 6) is -18.7. The molecule has 108 valence electrons. The van der Waals surface area contributed by atoms with Crippen molar-refractivity contribution in [3.63, 3.8) is 0 Å². The Labute approximate surface area is 141 Å². The van der Waals surface area contributed by atoms with Crippen LogP contribution in [0.1, 0.15) is 0 Å². The van der Waals surface area contributed by atoms with Crippen LogP contribution in [0.3, 0.4) is 0 Å². The summed E-state index contributed by atoms with van der Waals surface area (Å²) >= 11 is 0. The molecule has 0 amide bonds. The number of halogens is 8. The molecule has 19 heavy (non-hydrogen) atoms. The Balaban J connectivity index is 0. The topological polar surface area (TPSA) is 52.6 Å². The fourth-order valence-electron chi connectivity index (χ4n) is 0.704. The summed E-state index contributed by atoms with van der Waals surface area (Å²) in [7, 11) is 0. The average molecular weight is 330 g/mol. The first kappa shape index (κ1) is 21.3. The summed E-state index contributed by atoms with van der Waals surface area (Å²) in [6.07, 6.45) is -8.84. The van der Waals surface area contributed by atoms with E-state index in [1.54, 1.807) is 4.94 Å². The SMILES string of the molecule is O=C(OF)C(F)C(F)C(F)(F)C(F)(F)C(=O)OF.[KH].